The Labute approximate surface area is 159 Å². The van der Waals surface area contributed by atoms with Crippen LogP contribution in [0.3, 0.4) is 0 Å². The molecule has 0 aliphatic carbocycles. The molecular weight excluding hydrogens is 369 g/mol. The van der Waals surface area contributed by atoms with Crippen LogP contribution in [-0.2, 0) is 11.0 Å². The summed E-state index contributed by atoms with van der Waals surface area (Å²) < 4.78 is 42.7. The predicted octanol–water partition coefficient (Wildman–Crippen LogP) is 4.99. The highest BCUT2D eigenvalue weighted by molar-refractivity contribution is 5.94. The van der Waals surface area contributed by atoms with Crippen molar-refractivity contribution in [2.24, 2.45) is 5.41 Å². The monoisotopic (exact) mass is 388 g/mol. The van der Waals surface area contributed by atoms with E-state index in [2.05, 4.69) is 5.32 Å². The summed E-state index contributed by atoms with van der Waals surface area (Å²) >= 11 is 0. The first-order valence-electron chi connectivity index (χ1n) is 8.62. The third-order valence-corrected chi connectivity index (χ3v) is 4.30. The topological polar surface area (TPSA) is 51.1 Å². The van der Waals surface area contributed by atoms with E-state index in [9.17, 15) is 22.8 Å². The summed E-state index contributed by atoms with van der Waals surface area (Å²) in [5, 5.41) is 2.84. The number of alkyl halides is 3. The standard InChI is InChI=1S/C21H19F3N2O2/c1-20(2,3)19(28)25-13-8-9-17(15(12-13)21(22,23)24)26-11-10-18(27)14-6-4-5-7-16(14)26/h4-12H,1-3H3,(H,25,28). The van der Waals surface area contributed by atoms with Gasteiger partial charge in [0.2, 0.25) is 5.91 Å². The van der Waals surface area contributed by atoms with Crippen LogP contribution in [0.25, 0.3) is 16.6 Å². The normalized spacial score (nSPS) is 12.2. The Kier molecular flexibility index (Phi) is 4.79. The first-order valence-corrected chi connectivity index (χ1v) is 8.62. The van der Waals surface area contributed by atoms with Crippen molar-refractivity contribution in [1.82, 2.24) is 4.57 Å². The summed E-state index contributed by atoms with van der Waals surface area (Å²) in [6, 6.07) is 11.3. The third kappa shape index (κ3) is 3.78. The minimum atomic E-state index is -4.65. The Morgan fingerprint density at radius 1 is 1.00 bits per heavy atom. The number of aromatic nitrogens is 1. The van der Waals surface area contributed by atoms with Crippen LogP contribution in [0.15, 0.2) is 59.5 Å². The number of nitrogens with one attached hydrogen (secondary N) is 1. The molecule has 0 saturated heterocycles. The van der Waals surface area contributed by atoms with Crippen molar-refractivity contribution in [2.75, 3.05) is 5.32 Å². The molecule has 0 fully saturated rings. The molecule has 28 heavy (non-hydrogen) atoms. The van der Waals surface area contributed by atoms with Crippen LogP contribution in [-0.4, -0.2) is 10.5 Å². The molecule has 0 bridgehead atoms. The highest BCUT2D eigenvalue weighted by atomic mass is 19.4. The Balaban J connectivity index is 2.19. The molecule has 4 nitrogen and oxygen atoms in total. The van der Waals surface area contributed by atoms with Gasteiger partial charge in [0.05, 0.1) is 16.8 Å². The smallest absolute Gasteiger partial charge is 0.326 e. The minimum Gasteiger partial charge on any atom is -0.326 e. The summed E-state index contributed by atoms with van der Waals surface area (Å²) in [5.74, 6) is -0.387. The first kappa shape index (κ1) is 19.7. The number of halogens is 3. The SMILES string of the molecule is CC(C)(C)C(=O)Nc1ccc(-n2ccc(=O)c3ccccc32)c(C(F)(F)F)c1. The zero-order chi connectivity index (χ0) is 20.7. The van der Waals surface area contributed by atoms with Crippen molar-refractivity contribution in [3.63, 3.8) is 0 Å². The number of carbonyl (C=O) groups is 1. The first-order chi connectivity index (χ1) is 13.0. The van der Waals surface area contributed by atoms with Gasteiger partial charge in [-0.15, -0.1) is 0 Å². The molecule has 7 heteroatoms. The Bertz CT molecular complexity index is 1110. The summed E-state index contributed by atoms with van der Waals surface area (Å²) in [6.45, 7) is 5.02. The number of hydrogen-bond acceptors (Lipinski definition) is 2. The fourth-order valence-corrected chi connectivity index (χ4v) is 2.78. The van der Waals surface area contributed by atoms with Gasteiger partial charge in [-0.05, 0) is 30.3 Å². The lowest BCUT2D eigenvalue weighted by molar-refractivity contribution is -0.137. The Hall–Kier alpha value is -3.09. The van der Waals surface area contributed by atoms with Crippen molar-refractivity contribution in [3.05, 3.63) is 70.5 Å². The van der Waals surface area contributed by atoms with Crippen molar-refractivity contribution in [2.45, 2.75) is 26.9 Å². The average molecular weight is 388 g/mol. The van der Waals surface area contributed by atoms with E-state index in [0.29, 0.717) is 10.9 Å². The molecule has 1 N–H and O–H groups in total. The van der Waals surface area contributed by atoms with Gasteiger partial charge in [-0.1, -0.05) is 32.9 Å². The number of amides is 1. The molecule has 0 radical (unpaired) electrons. The summed E-state index contributed by atoms with van der Waals surface area (Å²) in [6.07, 6.45) is -3.33. The van der Waals surface area contributed by atoms with Gasteiger partial charge in [0.15, 0.2) is 5.43 Å². The van der Waals surface area contributed by atoms with E-state index >= 15 is 0 Å². The van der Waals surface area contributed by atoms with Crippen LogP contribution in [0, 0.1) is 5.41 Å². The van der Waals surface area contributed by atoms with Crippen molar-refractivity contribution < 1.29 is 18.0 Å². The quantitative estimate of drug-likeness (QED) is 0.672. The lowest BCUT2D eigenvalue weighted by Crippen LogP contribution is -2.27. The van der Waals surface area contributed by atoms with Crippen molar-refractivity contribution in [1.29, 1.82) is 0 Å². The third-order valence-electron chi connectivity index (χ3n) is 4.30. The summed E-state index contributed by atoms with van der Waals surface area (Å²) in [7, 11) is 0. The molecule has 146 valence electrons. The number of nitrogens with zero attached hydrogens (tertiary/aromatic N) is 1. The van der Waals surface area contributed by atoms with Gasteiger partial charge in [0.25, 0.3) is 0 Å². The lowest BCUT2D eigenvalue weighted by atomic mass is 9.95. The van der Waals surface area contributed by atoms with E-state index in [-0.39, 0.29) is 22.7 Å². The van der Waals surface area contributed by atoms with E-state index < -0.39 is 17.2 Å². The molecule has 1 heterocycles. The molecule has 2 aromatic carbocycles. The van der Waals surface area contributed by atoms with E-state index in [4.69, 9.17) is 0 Å². The van der Waals surface area contributed by atoms with Crippen LogP contribution in [0.4, 0.5) is 18.9 Å². The molecule has 0 spiro atoms. The molecule has 1 aromatic heterocycles. The van der Waals surface area contributed by atoms with Crippen molar-refractivity contribution in [3.8, 4) is 5.69 Å². The number of rotatable bonds is 2. The van der Waals surface area contributed by atoms with Crippen LogP contribution < -0.4 is 10.7 Å². The number of pyridine rings is 1. The number of anilines is 1. The lowest BCUT2D eigenvalue weighted by Gasteiger charge is -2.21. The summed E-state index contributed by atoms with van der Waals surface area (Å²) in [4.78, 5) is 24.2. The largest absolute Gasteiger partial charge is 0.418 e. The van der Waals surface area contributed by atoms with Crippen LogP contribution in [0.1, 0.15) is 26.3 Å². The molecule has 0 aliphatic rings. The highest BCUT2D eigenvalue weighted by Gasteiger charge is 2.35. The van der Waals surface area contributed by atoms with Crippen LogP contribution >= 0.6 is 0 Å². The zero-order valence-corrected chi connectivity index (χ0v) is 15.6. The minimum absolute atomic E-state index is 0.0568. The maximum absolute atomic E-state index is 13.8. The number of fused-ring (bicyclic) bond motifs is 1. The van der Waals surface area contributed by atoms with Gasteiger partial charge in [0.1, 0.15) is 0 Å². The second-order valence-electron chi connectivity index (χ2n) is 7.50. The second-order valence-corrected chi connectivity index (χ2v) is 7.50. The molecule has 1 amide bonds. The van der Waals surface area contributed by atoms with E-state index in [1.807, 2.05) is 0 Å². The van der Waals surface area contributed by atoms with Gasteiger partial charge in [-0.25, -0.2) is 0 Å². The molecule has 0 unspecified atom stereocenters. The Morgan fingerprint density at radius 3 is 2.32 bits per heavy atom. The van der Waals surface area contributed by atoms with E-state index in [1.54, 1.807) is 45.0 Å². The van der Waals surface area contributed by atoms with E-state index in [1.165, 1.54) is 29.0 Å². The molecule has 3 aromatic rings. The maximum atomic E-state index is 13.8. The molecule has 0 saturated carbocycles. The zero-order valence-electron chi connectivity index (χ0n) is 15.6. The van der Waals surface area contributed by atoms with Crippen molar-refractivity contribution >= 4 is 22.5 Å². The number of hydrogen-bond donors (Lipinski definition) is 1. The van der Waals surface area contributed by atoms with Crippen LogP contribution in [0.5, 0.6) is 0 Å². The fraction of sp³-hybridized carbons (Fsp3) is 0.238. The second kappa shape index (κ2) is 6.82. The van der Waals surface area contributed by atoms with Gasteiger partial charge in [-0.2, -0.15) is 13.2 Å². The Morgan fingerprint density at radius 2 is 1.68 bits per heavy atom. The van der Waals surface area contributed by atoms with Gasteiger partial charge < -0.3 is 9.88 Å². The molecule has 0 atom stereocenters. The van der Waals surface area contributed by atoms with Crippen LogP contribution in [0.2, 0.25) is 0 Å². The summed E-state index contributed by atoms with van der Waals surface area (Å²) in [5.41, 5.74) is -1.63. The van der Waals surface area contributed by atoms with Gasteiger partial charge >= 0.3 is 6.18 Å². The predicted molar refractivity (Wildman–Crippen MR) is 103 cm³/mol. The number of para-hydroxylation sites is 1. The van der Waals surface area contributed by atoms with E-state index in [0.717, 1.165) is 6.07 Å². The average Bonchev–Trinajstić information content (AvgIpc) is 2.61. The molecular formula is C21H19F3N2O2. The number of benzene rings is 2. The number of carbonyl (C=O) groups excluding carboxylic acids is 1. The molecule has 3 rings (SSSR count). The molecule has 0 aliphatic heterocycles. The highest BCUT2D eigenvalue weighted by Crippen LogP contribution is 2.36. The maximum Gasteiger partial charge on any atom is 0.418 e. The van der Waals surface area contributed by atoms with Gasteiger partial charge in [0, 0.05) is 28.8 Å². The van der Waals surface area contributed by atoms with Gasteiger partial charge in [-0.3, -0.25) is 9.59 Å². The fourth-order valence-electron chi connectivity index (χ4n) is 2.78.